The largest absolute Gasteiger partial charge is 0.480 e. The fraction of sp³-hybridized carbons (Fsp3) is 0.364. The number of phosphoric acid groups is 1. The molecule has 0 fully saturated rings. The number of ether oxygens (including phenoxy) is 1. The number of nitrogens with zero attached hydrogens (tertiary/aromatic N) is 1. The summed E-state index contributed by atoms with van der Waals surface area (Å²) >= 11 is 12.0. The summed E-state index contributed by atoms with van der Waals surface area (Å²) in [6, 6.07) is 5.28. The van der Waals surface area contributed by atoms with E-state index in [-0.39, 0.29) is 6.10 Å². The molecular weight excluding hydrogens is 342 g/mol. The molecule has 1 aliphatic heterocycles. The topological polar surface area (TPSA) is 111 Å². The van der Waals surface area contributed by atoms with E-state index >= 15 is 0 Å². The van der Waals surface area contributed by atoms with Crippen molar-refractivity contribution < 1.29 is 24.0 Å². The van der Waals surface area contributed by atoms with E-state index in [1.54, 1.807) is 18.2 Å². The molecule has 4 N–H and O–H groups in total. The number of para-hydroxylation sites is 1. The molecule has 0 bridgehead atoms. The second-order valence-corrected chi connectivity index (χ2v) is 5.86. The van der Waals surface area contributed by atoms with Gasteiger partial charge in [-0.15, -0.1) is 0 Å². The molecule has 1 heterocycles. The maximum absolute atomic E-state index is 8.88. The van der Waals surface area contributed by atoms with Crippen molar-refractivity contribution >= 4 is 36.9 Å². The van der Waals surface area contributed by atoms with Crippen molar-refractivity contribution in [3.63, 3.8) is 0 Å². The van der Waals surface area contributed by atoms with Crippen LogP contribution in [0.5, 0.6) is 5.75 Å². The number of hydrogen-bond acceptors (Lipinski definition) is 4. The van der Waals surface area contributed by atoms with Gasteiger partial charge < -0.3 is 24.7 Å². The van der Waals surface area contributed by atoms with Gasteiger partial charge in [-0.2, -0.15) is 0 Å². The van der Waals surface area contributed by atoms with Gasteiger partial charge in [-0.1, -0.05) is 29.3 Å². The molecule has 2 rings (SSSR count). The van der Waals surface area contributed by atoms with Crippen LogP contribution in [0.1, 0.15) is 6.92 Å². The van der Waals surface area contributed by atoms with Crippen molar-refractivity contribution in [3.05, 3.63) is 28.2 Å². The Kier molecular flexibility index (Phi) is 6.93. The quantitative estimate of drug-likeness (QED) is 0.615. The molecular formula is C11H15Cl2N2O5P. The Morgan fingerprint density at radius 3 is 2.29 bits per heavy atom. The molecule has 1 unspecified atom stereocenters. The van der Waals surface area contributed by atoms with Gasteiger partial charge in [0.25, 0.3) is 0 Å². The number of benzene rings is 1. The normalized spacial score (nSPS) is 15.4. The summed E-state index contributed by atoms with van der Waals surface area (Å²) < 4.78 is 14.6. The van der Waals surface area contributed by atoms with Gasteiger partial charge >= 0.3 is 7.82 Å². The van der Waals surface area contributed by atoms with Gasteiger partial charge in [0.1, 0.15) is 5.84 Å². The van der Waals surface area contributed by atoms with Crippen LogP contribution in [0, 0.1) is 0 Å². The first-order valence-electron chi connectivity index (χ1n) is 5.85. The van der Waals surface area contributed by atoms with Crippen LogP contribution in [0.25, 0.3) is 0 Å². The third-order valence-electron chi connectivity index (χ3n) is 2.30. The fourth-order valence-electron chi connectivity index (χ4n) is 1.52. The van der Waals surface area contributed by atoms with E-state index in [4.69, 9.17) is 47.2 Å². The average molecular weight is 357 g/mol. The molecule has 21 heavy (non-hydrogen) atoms. The van der Waals surface area contributed by atoms with Crippen LogP contribution in [0.3, 0.4) is 0 Å². The highest BCUT2D eigenvalue weighted by Crippen LogP contribution is 2.33. The average Bonchev–Trinajstić information content (AvgIpc) is 2.85. The van der Waals surface area contributed by atoms with Crippen LogP contribution in [-0.4, -0.2) is 39.7 Å². The first-order chi connectivity index (χ1) is 9.68. The second kappa shape index (κ2) is 7.98. The molecule has 0 saturated carbocycles. The summed E-state index contributed by atoms with van der Waals surface area (Å²) in [6.45, 7) is 3.56. The van der Waals surface area contributed by atoms with E-state index in [1.165, 1.54) is 0 Å². The zero-order valence-electron chi connectivity index (χ0n) is 11.0. The predicted octanol–water partition coefficient (Wildman–Crippen LogP) is 1.83. The minimum absolute atomic E-state index is 0.167. The van der Waals surface area contributed by atoms with E-state index in [1.807, 2.05) is 6.92 Å². The number of rotatable bonds is 3. The highest BCUT2D eigenvalue weighted by atomic mass is 35.5. The van der Waals surface area contributed by atoms with Crippen molar-refractivity contribution in [2.75, 3.05) is 13.1 Å². The van der Waals surface area contributed by atoms with Gasteiger partial charge in [0, 0.05) is 6.54 Å². The molecule has 1 aliphatic rings. The predicted molar refractivity (Wildman–Crippen MR) is 81.1 cm³/mol. The molecule has 10 heteroatoms. The molecule has 1 aromatic rings. The van der Waals surface area contributed by atoms with Crippen LogP contribution in [0.15, 0.2) is 23.2 Å². The first kappa shape index (κ1) is 18.2. The highest BCUT2D eigenvalue weighted by molar-refractivity contribution is 7.45. The van der Waals surface area contributed by atoms with Gasteiger partial charge in [-0.3, -0.25) is 4.99 Å². The third kappa shape index (κ3) is 7.13. The zero-order valence-corrected chi connectivity index (χ0v) is 13.4. The van der Waals surface area contributed by atoms with E-state index in [0.717, 1.165) is 18.9 Å². The van der Waals surface area contributed by atoms with Crippen molar-refractivity contribution in [1.82, 2.24) is 5.32 Å². The van der Waals surface area contributed by atoms with E-state index < -0.39 is 7.82 Å². The summed E-state index contributed by atoms with van der Waals surface area (Å²) in [5.41, 5.74) is 0. The van der Waals surface area contributed by atoms with Crippen LogP contribution in [-0.2, 0) is 4.57 Å². The minimum atomic E-state index is -4.64. The molecule has 0 spiro atoms. The number of aliphatic imine (C=N–C) groups is 1. The van der Waals surface area contributed by atoms with Crippen molar-refractivity contribution in [1.29, 1.82) is 0 Å². The lowest BCUT2D eigenvalue weighted by Gasteiger charge is -2.16. The van der Waals surface area contributed by atoms with Gasteiger partial charge in [0.2, 0.25) is 0 Å². The molecule has 1 aromatic carbocycles. The Balaban J connectivity index is 0.000000383. The second-order valence-electron chi connectivity index (χ2n) is 4.02. The van der Waals surface area contributed by atoms with Gasteiger partial charge in [-0.25, -0.2) is 4.57 Å². The van der Waals surface area contributed by atoms with E-state index in [9.17, 15) is 0 Å². The number of hydrogen-bond donors (Lipinski definition) is 4. The molecule has 0 radical (unpaired) electrons. The molecule has 7 nitrogen and oxygen atoms in total. The highest BCUT2D eigenvalue weighted by Gasteiger charge is 2.18. The van der Waals surface area contributed by atoms with E-state index in [0.29, 0.717) is 15.8 Å². The van der Waals surface area contributed by atoms with Crippen LogP contribution in [0.2, 0.25) is 10.0 Å². The summed E-state index contributed by atoms with van der Waals surface area (Å²) in [7, 11) is -4.64. The Hall–Kier alpha value is -0.820. The minimum Gasteiger partial charge on any atom is -0.480 e. The maximum atomic E-state index is 8.88. The van der Waals surface area contributed by atoms with Crippen molar-refractivity contribution in [3.8, 4) is 5.75 Å². The van der Waals surface area contributed by atoms with Crippen molar-refractivity contribution in [2.24, 2.45) is 4.99 Å². The van der Waals surface area contributed by atoms with Crippen LogP contribution < -0.4 is 10.1 Å². The van der Waals surface area contributed by atoms with Crippen LogP contribution in [0.4, 0.5) is 0 Å². The maximum Gasteiger partial charge on any atom is 0.466 e. The molecule has 118 valence electrons. The summed E-state index contributed by atoms with van der Waals surface area (Å²) in [5.74, 6) is 1.35. The zero-order chi connectivity index (χ0) is 16.0. The first-order valence-corrected chi connectivity index (χ1v) is 8.17. The fourth-order valence-corrected chi connectivity index (χ4v) is 2.00. The van der Waals surface area contributed by atoms with Crippen LogP contribution >= 0.6 is 31.0 Å². The summed E-state index contributed by atoms with van der Waals surface area (Å²) in [6.07, 6.45) is -0.167. The third-order valence-corrected chi connectivity index (χ3v) is 2.89. The Morgan fingerprint density at radius 2 is 1.86 bits per heavy atom. The van der Waals surface area contributed by atoms with Crippen molar-refractivity contribution in [2.45, 2.75) is 13.0 Å². The molecule has 0 aromatic heterocycles. The lowest BCUT2D eigenvalue weighted by atomic mass is 10.3. The summed E-state index contributed by atoms with van der Waals surface area (Å²) in [5, 5.41) is 4.18. The smallest absolute Gasteiger partial charge is 0.466 e. The van der Waals surface area contributed by atoms with Gasteiger partial charge in [0.05, 0.1) is 16.6 Å². The van der Waals surface area contributed by atoms with Gasteiger partial charge in [-0.05, 0) is 19.1 Å². The Morgan fingerprint density at radius 1 is 1.33 bits per heavy atom. The number of halogens is 2. The lowest BCUT2D eigenvalue weighted by molar-refractivity contribution is 0.275. The summed E-state index contributed by atoms with van der Waals surface area (Å²) in [4.78, 5) is 25.8. The number of amidine groups is 1. The molecule has 0 saturated heterocycles. The van der Waals surface area contributed by atoms with E-state index in [2.05, 4.69) is 10.3 Å². The molecule has 0 amide bonds. The monoisotopic (exact) mass is 356 g/mol. The standard InChI is InChI=1S/C11H12Cl2N2O.H3O4P/c1-7(11-14-5-6-15-11)16-10-8(12)3-2-4-9(10)13;1-5(2,3)4/h2-4,7H,5-6H2,1H3,(H,14,15);(H3,1,2,3,4). The lowest BCUT2D eigenvalue weighted by Crippen LogP contribution is -2.33. The van der Waals surface area contributed by atoms with Gasteiger partial charge in [0.15, 0.2) is 11.9 Å². The SMILES string of the molecule is CC(Oc1c(Cl)cccc1Cl)C1=NCCN1.O=P(O)(O)O. The number of nitrogens with one attached hydrogen (secondary N) is 1. The molecule has 1 atom stereocenters. The Labute approximate surface area is 131 Å². The Bertz CT molecular complexity index is 535. The molecule has 0 aliphatic carbocycles.